The van der Waals surface area contributed by atoms with Gasteiger partial charge in [0, 0.05) is 54.8 Å². The monoisotopic (exact) mass is 554 g/mol. The van der Waals surface area contributed by atoms with Crippen molar-refractivity contribution < 1.29 is 12.8 Å². The number of nitrogens with zero attached hydrogens (tertiary/aromatic N) is 5. The Bertz CT molecular complexity index is 1480. The number of anilines is 4. The minimum Gasteiger partial charge on any atom is -0.368 e. The Kier molecular flexibility index (Phi) is 7.20. The molecule has 3 atom stereocenters. The molecule has 3 aromatic rings. The van der Waals surface area contributed by atoms with Gasteiger partial charge in [-0.3, -0.25) is 0 Å². The first-order valence-corrected chi connectivity index (χ1v) is 15.7. The molecule has 1 N–H and O–H groups in total. The second-order valence-electron chi connectivity index (χ2n) is 12.2. The molecule has 39 heavy (non-hydrogen) atoms. The van der Waals surface area contributed by atoms with Crippen molar-refractivity contribution in [1.29, 1.82) is 0 Å². The topological polar surface area (TPSA) is 91.3 Å². The number of rotatable bonds is 7. The molecule has 1 aromatic carbocycles. The van der Waals surface area contributed by atoms with Gasteiger partial charge in [0.25, 0.3) is 0 Å². The van der Waals surface area contributed by atoms with Gasteiger partial charge in [-0.15, -0.1) is 0 Å². The third kappa shape index (κ3) is 5.66. The highest BCUT2D eigenvalue weighted by molar-refractivity contribution is 7.90. The van der Waals surface area contributed by atoms with Gasteiger partial charge in [-0.2, -0.15) is 4.98 Å². The van der Waals surface area contributed by atoms with Gasteiger partial charge in [-0.1, -0.05) is 33.8 Å². The van der Waals surface area contributed by atoms with E-state index in [0.29, 0.717) is 36.6 Å². The number of pyridine rings is 1. The van der Waals surface area contributed by atoms with E-state index in [4.69, 9.17) is 4.98 Å². The minimum atomic E-state index is -3.02. The average molecular weight is 555 g/mol. The highest BCUT2D eigenvalue weighted by Crippen LogP contribution is 2.40. The molecule has 2 aliphatic rings. The predicted molar refractivity (Wildman–Crippen MR) is 157 cm³/mol. The Balaban J connectivity index is 1.40. The van der Waals surface area contributed by atoms with E-state index in [2.05, 4.69) is 59.2 Å². The molecule has 2 aliphatic heterocycles. The van der Waals surface area contributed by atoms with Crippen molar-refractivity contribution in [2.45, 2.75) is 59.2 Å². The van der Waals surface area contributed by atoms with Gasteiger partial charge in [0.1, 0.15) is 27.6 Å². The molecule has 0 radical (unpaired) electrons. The van der Waals surface area contributed by atoms with Crippen LogP contribution in [-0.2, 0) is 9.84 Å². The molecule has 2 saturated heterocycles. The van der Waals surface area contributed by atoms with Crippen molar-refractivity contribution in [3.05, 3.63) is 42.2 Å². The molecule has 8 nitrogen and oxygen atoms in total. The number of nitrogens with one attached hydrogen (secondary N) is 1. The van der Waals surface area contributed by atoms with Gasteiger partial charge in [0.15, 0.2) is 0 Å². The average Bonchev–Trinajstić information content (AvgIpc) is 2.86. The van der Waals surface area contributed by atoms with Crippen molar-refractivity contribution >= 4 is 43.9 Å². The lowest BCUT2D eigenvalue weighted by molar-refractivity contribution is 0.116. The van der Waals surface area contributed by atoms with Crippen molar-refractivity contribution in [2.24, 2.45) is 11.3 Å². The first-order chi connectivity index (χ1) is 18.3. The molecule has 5 rings (SSSR count). The third-order valence-electron chi connectivity index (χ3n) is 8.40. The molecule has 2 aromatic heterocycles. The Morgan fingerprint density at radius 1 is 1.13 bits per heavy atom. The Morgan fingerprint density at radius 2 is 1.90 bits per heavy atom. The van der Waals surface area contributed by atoms with E-state index < -0.39 is 16.0 Å². The van der Waals surface area contributed by atoms with E-state index in [0.717, 1.165) is 22.9 Å². The molecule has 2 fully saturated rings. The van der Waals surface area contributed by atoms with Gasteiger partial charge < -0.3 is 15.1 Å². The van der Waals surface area contributed by atoms with Crippen molar-refractivity contribution in [3.63, 3.8) is 0 Å². The lowest BCUT2D eigenvalue weighted by atomic mass is 9.81. The Hall–Kier alpha value is -3.01. The lowest BCUT2D eigenvalue weighted by Gasteiger charge is -2.48. The van der Waals surface area contributed by atoms with E-state index in [1.807, 2.05) is 24.9 Å². The Morgan fingerprint density at radius 3 is 2.56 bits per heavy atom. The van der Waals surface area contributed by atoms with E-state index >= 15 is 0 Å². The van der Waals surface area contributed by atoms with Gasteiger partial charge in [-0.25, -0.2) is 22.8 Å². The number of piperidine rings is 1. The van der Waals surface area contributed by atoms with Crippen LogP contribution in [0.4, 0.5) is 27.7 Å². The summed E-state index contributed by atoms with van der Waals surface area (Å²) in [5.74, 6) is 2.43. The van der Waals surface area contributed by atoms with Crippen LogP contribution in [-0.4, -0.2) is 67.2 Å². The second kappa shape index (κ2) is 10.2. The summed E-state index contributed by atoms with van der Waals surface area (Å²) in [7, 11) is -3.02. The molecule has 4 heterocycles. The highest BCUT2D eigenvalue weighted by Gasteiger charge is 2.38. The largest absolute Gasteiger partial charge is 0.368 e. The zero-order chi connectivity index (χ0) is 28.1. The van der Waals surface area contributed by atoms with Crippen LogP contribution in [0, 0.1) is 11.3 Å². The molecule has 0 amide bonds. The maximum absolute atomic E-state index is 14.7. The molecule has 0 spiro atoms. The summed E-state index contributed by atoms with van der Waals surface area (Å²) >= 11 is 0. The molecule has 10 heteroatoms. The van der Waals surface area contributed by atoms with E-state index in [1.54, 1.807) is 12.3 Å². The van der Waals surface area contributed by atoms with E-state index in [1.165, 1.54) is 11.8 Å². The molecule has 210 valence electrons. The predicted octanol–water partition coefficient (Wildman–Crippen LogP) is 5.34. The first-order valence-electron chi connectivity index (χ1n) is 13.7. The van der Waals surface area contributed by atoms with Crippen molar-refractivity contribution in [2.75, 3.05) is 46.8 Å². The Labute approximate surface area is 231 Å². The highest BCUT2D eigenvalue weighted by atomic mass is 32.2. The molecule has 0 bridgehead atoms. The molecular weight excluding hydrogens is 515 g/mol. The summed E-state index contributed by atoms with van der Waals surface area (Å²) in [4.78, 5) is 18.0. The first kappa shape index (κ1) is 27.6. The van der Waals surface area contributed by atoms with Crippen molar-refractivity contribution in [3.8, 4) is 0 Å². The fourth-order valence-electron chi connectivity index (χ4n) is 5.65. The quantitative estimate of drug-likeness (QED) is 0.419. The number of hydrogen-bond acceptors (Lipinski definition) is 8. The molecule has 0 aliphatic carbocycles. The number of benzene rings is 1. The maximum atomic E-state index is 14.7. The van der Waals surface area contributed by atoms with Gasteiger partial charge in [0.05, 0.1) is 12.3 Å². The van der Waals surface area contributed by atoms with Crippen LogP contribution in [0.5, 0.6) is 0 Å². The van der Waals surface area contributed by atoms with Crippen LogP contribution in [0.25, 0.3) is 10.8 Å². The number of halogens is 1. The van der Waals surface area contributed by atoms with Gasteiger partial charge in [-0.05, 0) is 53.8 Å². The second-order valence-corrected chi connectivity index (χ2v) is 14.4. The number of hydrogen-bond donors (Lipinski definition) is 1. The molecule has 0 saturated carbocycles. The third-order valence-corrected chi connectivity index (χ3v) is 9.44. The van der Waals surface area contributed by atoms with Crippen LogP contribution in [0.1, 0.15) is 52.5 Å². The SMILES string of the molecule is CC(C)c1ccc(N2C[C@H](CS(C)(=O)=O)[C@H]2C)c2cnc(Nc3ccnc(N4CCC(C)(C)[C@@H](F)C4)n3)cc12. The van der Waals surface area contributed by atoms with Crippen LogP contribution in [0.3, 0.4) is 0 Å². The fourth-order valence-corrected chi connectivity index (χ4v) is 6.81. The minimum absolute atomic E-state index is 0.124. The number of fused-ring (bicyclic) bond motifs is 1. The number of sulfone groups is 1. The standard InChI is InChI=1S/C29H39FN6O2S/c1-18(2)21-7-8-24(36-15-20(19(36)3)17-39(6,37)38)23-14-32-27(13-22(21)23)33-26-9-11-31-28(34-26)35-12-10-29(4,5)25(30)16-35/h7-9,11,13-14,18-20,25H,10,12,15-17H2,1-6H3,(H,31,32,33,34)/t19-,20-,25+/m1/s1. The number of aromatic nitrogens is 3. The zero-order valence-corrected chi connectivity index (χ0v) is 24.5. The van der Waals surface area contributed by atoms with E-state index in [-0.39, 0.29) is 29.7 Å². The summed E-state index contributed by atoms with van der Waals surface area (Å²) in [6, 6.07) is 8.27. The zero-order valence-electron chi connectivity index (χ0n) is 23.6. The molecular formula is C29H39FN6O2S. The van der Waals surface area contributed by atoms with Crippen molar-refractivity contribution in [1.82, 2.24) is 15.0 Å². The summed E-state index contributed by atoms with van der Waals surface area (Å²) < 4.78 is 38.3. The van der Waals surface area contributed by atoms with Crippen LogP contribution < -0.4 is 15.1 Å². The smallest absolute Gasteiger partial charge is 0.227 e. The van der Waals surface area contributed by atoms with E-state index in [9.17, 15) is 12.8 Å². The number of alkyl halides is 1. The normalized spacial score (nSPS) is 23.2. The van der Waals surface area contributed by atoms with Crippen LogP contribution >= 0.6 is 0 Å². The lowest BCUT2D eigenvalue weighted by Crippen LogP contribution is -2.57. The summed E-state index contributed by atoms with van der Waals surface area (Å²) in [6.45, 7) is 12.1. The fraction of sp³-hybridized carbons (Fsp3) is 0.552. The van der Waals surface area contributed by atoms with Gasteiger partial charge in [0.2, 0.25) is 5.95 Å². The van der Waals surface area contributed by atoms with Crippen LogP contribution in [0.2, 0.25) is 0 Å². The van der Waals surface area contributed by atoms with Crippen LogP contribution in [0.15, 0.2) is 36.7 Å². The van der Waals surface area contributed by atoms with Gasteiger partial charge >= 0.3 is 0 Å². The maximum Gasteiger partial charge on any atom is 0.227 e. The summed E-state index contributed by atoms with van der Waals surface area (Å²) in [5, 5.41) is 5.47. The molecule has 0 unspecified atom stereocenters. The summed E-state index contributed by atoms with van der Waals surface area (Å²) in [5.41, 5.74) is 1.95. The summed E-state index contributed by atoms with van der Waals surface area (Å²) in [6.07, 6.45) is 4.69.